The fourth-order valence-corrected chi connectivity index (χ4v) is 7.67. The van der Waals surface area contributed by atoms with E-state index in [-0.39, 0.29) is 0 Å². The van der Waals surface area contributed by atoms with Gasteiger partial charge in [-0.15, -0.1) is 0 Å². The van der Waals surface area contributed by atoms with Crippen molar-refractivity contribution in [3.63, 3.8) is 0 Å². The third-order valence-electron chi connectivity index (χ3n) is 2.24. The van der Waals surface area contributed by atoms with Crippen LogP contribution in [0, 0.1) is 0 Å². The summed E-state index contributed by atoms with van der Waals surface area (Å²) in [7, 11) is 5.97. The van der Waals surface area contributed by atoms with Crippen molar-refractivity contribution >= 4 is 40.4 Å². The van der Waals surface area contributed by atoms with Gasteiger partial charge >= 0.3 is 111 Å². The summed E-state index contributed by atoms with van der Waals surface area (Å²) < 4.78 is 2.77. The van der Waals surface area contributed by atoms with Gasteiger partial charge in [-0.3, -0.25) is 0 Å². The maximum atomic E-state index is 5.97. The molecule has 0 N–H and O–H groups in total. The number of unbranched alkanes of at least 4 members (excludes halogenated alkanes) is 3. The van der Waals surface area contributed by atoms with Gasteiger partial charge in [-0.05, 0) is 0 Å². The van der Waals surface area contributed by atoms with Crippen molar-refractivity contribution in [3.05, 3.63) is 15.4 Å². The van der Waals surface area contributed by atoms with Crippen molar-refractivity contribution in [2.24, 2.45) is 0 Å². The Kier molecular flexibility index (Phi) is 6.94. The quantitative estimate of drug-likeness (QED) is 0.525. The van der Waals surface area contributed by atoms with Crippen LogP contribution in [0.15, 0.2) is 9.85 Å². The molecule has 0 aliphatic rings. The molecule has 76 valence electrons. The molecule has 0 saturated heterocycles. The van der Waals surface area contributed by atoms with Gasteiger partial charge in [0.1, 0.15) is 0 Å². The van der Waals surface area contributed by atoms with Crippen molar-refractivity contribution in [1.82, 2.24) is 0 Å². The molecule has 0 atom stereocenters. The number of aryl methyl sites for hydroxylation is 1. The Morgan fingerprint density at radius 1 is 1.43 bits per heavy atom. The second-order valence-electron chi connectivity index (χ2n) is 3.46. The van der Waals surface area contributed by atoms with Gasteiger partial charge in [0.15, 0.2) is 0 Å². The van der Waals surface area contributed by atoms with E-state index >= 15 is 0 Å². The van der Waals surface area contributed by atoms with Gasteiger partial charge in [-0.2, -0.15) is 0 Å². The van der Waals surface area contributed by atoms with Gasteiger partial charge in [0, 0.05) is 0 Å². The predicted molar refractivity (Wildman–Crippen MR) is 65.4 cm³/mol. The Bertz CT molecular complexity index is 275. The zero-order valence-electron chi connectivity index (χ0n) is 8.48. The second kappa shape index (κ2) is 7.38. The van der Waals surface area contributed by atoms with Crippen LogP contribution >= 0.6 is 37.0 Å². The molecule has 1 rings (SSSR count). The summed E-state index contributed by atoms with van der Waals surface area (Å²) in [6, 6.07) is 2.31. The molecule has 0 spiro atoms. The van der Waals surface area contributed by atoms with Crippen LogP contribution in [0.25, 0.3) is 0 Å². The fraction of sp³-hybridized carbons (Fsp3) is 0.600. The number of hydrogen-bond donors (Lipinski definition) is 0. The topological polar surface area (TPSA) is 0 Å². The van der Waals surface area contributed by atoms with Crippen molar-refractivity contribution in [2.45, 2.75) is 39.0 Å². The predicted octanol–water partition coefficient (Wildman–Crippen LogP) is 4.50. The van der Waals surface area contributed by atoms with Crippen LogP contribution in [0.1, 0.15) is 38.2 Å². The van der Waals surface area contributed by atoms with Crippen molar-refractivity contribution in [2.75, 3.05) is 0 Å². The SMILES string of the molecule is CCCCCCc1c[c]([Zn][Cl])sc1Br. The average Bonchev–Trinajstić information content (AvgIpc) is 2.54. The molecule has 4 heteroatoms. The summed E-state index contributed by atoms with van der Waals surface area (Å²) in [5.74, 6) is 0. The first-order chi connectivity index (χ1) is 6.77. The molecular weight excluding hydrogens is 333 g/mol. The third kappa shape index (κ3) is 4.30. The Balaban J connectivity index is 2.38. The number of thiophene rings is 1. The van der Waals surface area contributed by atoms with Crippen LogP contribution in [0.4, 0.5) is 0 Å². The van der Waals surface area contributed by atoms with Gasteiger partial charge in [-0.1, -0.05) is 0 Å². The summed E-state index contributed by atoms with van der Waals surface area (Å²) in [5, 5.41) is 0. The summed E-state index contributed by atoms with van der Waals surface area (Å²) in [6.07, 6.45) is 6.57. The third-order valence-corrected chi connectivity index (χ3v) is 9.02. The molecule has 0 unspecified atom stereocenters. The monoisotopic (exact) mass is 344 g/mol. The Hall–Kier alpha value is 1.09. The van der Waals surface area contributed by atoms with E-state index in [1.165, 1.54) is 44.9 Å². The fourth-order valence-electron chi connectivity index (χ4n) is 1.44. The minimum atomic E-state index is -0.873. The molecule has 0 saturated carbocycles. The zero-order chi connectivity index (χ0) is 10.4. The first-order valence-electron chi connectivity index (χ1n) is 5.11. The van der Waals surface area contributed by atoms with E-state index in [1.54, 1.807) is 0 Å². The molecule has 1 heterocycles. The van der Waals surface area contributed by atoms with Crippen molar-refractivity contribution < 1.29 is 16.1 Å². The van der Waals surface area contributed by atoms with Gasteiger partial charge < -0.3 is 0 Å². The van der Waals surface area contributed by atoms with Gasteiger partial charge in [0.05, 0.1) is 0 Å². The molecule has 1 aromatic heterocycles. The zero-order valence-corrected chi connectivity index (χ0v) is 14.6. The van der Waals surface area contributed by atoms with Crippen LogP contribution in [0.2, 0.25) is 0 Å². The Morgan fingerprint density at radius 2 is 2.21 bits per heavy atom. The average molecular weight is 347 g/mol. The molecule has 0 radical (unpaired) electrons. The van der Waals surface area contributed by atoms with Crippen LogP contribution in [-0.2, 0) is 22.6 Å². The summed E-state index contributed by atoms with van der Waals surface area (Å²) in [4.78, 5) is 0. The van der Waals surface area contributed by atoms with Gasteiger partial charge in [-0.25, -0.2) is 0 Å². The van der Waals surface area contributed by atoms with E-state index < -0.39 is 16.1 Å². The van der Waals surface area contributed by atoms with E-state index in [0.29, 0.717) is 0 Å². The van der Waals surface area contributed by atoms with Crippen molar-refractivity contribution in [3.8, 4) is 0 Å². The summed E-state index contributed by atoms with van der Waals surface area (Å²) in [5.41, 5.74) is 1.48. The summed E-state index contributed by atoms with van der Waals surface area (Å²) >= 11 is 4.59. The van der Waals surface area contributed by atoms with Crippen LogP contribution in [0.3, 0.4) is 0 Å². The van der Waals surface area contributed by atoms with Crippen LogP contribution in [-0.4, -0.2) is 0 Å². The summed E-state index contributed by atoms with van der Waals surface area (Å²) in [6.45, 7) is 2.25. The molecule has 14 heavy (non-hydrogen) atoms. The van der Waals surface area contributed by atoms with E-state index in [1.807, 2.05) is 11.3 Å². The van der Waals surface area contributed by atoms with Crippen LogP contribution in [0.5, 0.6) is 0 Å². The molecular formula is C10H14BrClSZn. The molecule has 0 bridgehead atoms. The van der Waals surface area contributed by atoms with E-state index in [4.69, 9.17) is 9.69 Å². The van der Waals surface area contributed by atoms with E-state index in [9.17, 15) is 0 Å². The molecule has 0 aliphatic carbocycles. The second-order valence-corrected chi connectivity index (χ2v) is 10.5. The maximum absolute atomic E-state index is 5.97. The van der Waals surface area contributed by atoms with E-state index in [2.05, 4.69) is 28.9 Å². The first kappa shape index (κ1) is 13.2. The molecule has 1 aromatic rings. The van der Waals surface area contributed by atoms with Crippen molar-refractivity contribution in [1.29, 1.82) is 0 Å². The van der Waals surface area contributed by atoms with Gasteiger partial charge in [0.2, 0.25) is 0 Å². The Labute approximate surface area is 110 Å². The Morgan fingerprint density at radius 3 is 2.79 bits per heavy atom. The standard InChI is InChI=1S/C10H14BrS.ClH.Zn/c1-2-3-4-5-6-9-7-8-12-10(9)11;;/h7H,2-6H2,1H3;1H;/q;;+1/p-1. The molecule has 0 fully saturated rings. The van der Waals surface area contributed by atoms with E-state index in [0.717, 1.165) is 0 Å². The molecule has 0 aromatic carbocycles. The van der Waals surface area contributed by atoms with Gasteiger partial charge in [0.25, 0.3) is 0 Å². The number of halogens is 2. The minimum absolute atomic E-state index is 0.873. The molecule has 0 aliphatic heterocycles. The molecule has 0 amide bonds. The normalized spacial score (nSPS) is 10.2. The first-order valence-corrected chi connectivity index (χ1v) is 12.1. The number of rotatable bonds is 6. The number of hydrogen-bond acceptors (Lipinski definition) is 1. The van der Waals surface area contributed by atoms with Crippen LogP contribution < -0.4 is 3.47 Å². The molecule has 0 nitrogen and oxygen atoms in total.